The van der Waals surface area contributed by atoms with Gasteiger partial charge in [0, 0.05) is 14.1 Å². The van der Waals surface area contributed by atoms with Gasteiger partial charge in [0.25, 0.3) is 0 Å². The molecule has 330 valence electrons. The van der Waals surface area contributed by atoms with Crippen LogP contribution in [-0.2, 0) is 56.2 Å². The molecule has 1 saturated heterocycles. The molecule has 0 saturated carbocycles. The van der Waals surface area contributed by atoms with Crippen molar-refractivity contribution in [3.63, 3.8) is 0 Å². The number of likely N-dealkylation sites (tertiary alicyclic amines) is 1. The number of nitrogens with one attached hydrogen (secondary N) is 6. The summed E-state index contributed by atoms with van der Waals surface area (Å²) in [7, 11) is 2.91. The molecule has 0 spiro atoms. The van der Waals surface area contributed by atoms with Crippen molar-refractivity contribution < 1.29 is 47.8 Å². The number of carbonyl (C=O) groups excluding carboxylic acids is 7. The lowest BCUT2D eigenvalue weighted by Crippen LogP contribution is -2.58. The van der Waals surface area contributed by atoms with E-state index in [2.05, 4.69) is 31.9 Å². The highest BCUT2D eigenvalue weighted by atomic mass is 16.6. The zero-order valence-electron chi connectivity index (χ0n) is 36.2. The first-order valence-corrected chi connectivity index (χ1v) is 20.2. The van der Waals surface area contributed by atoms with Gasteiger partial charge in [-0.1, -0.05) is 88.4 Å². The SMILES string of the molecule is CNC(=O)[C@H](CC(C)C)NC(=O)CNC(=O)[C@H]1[C@@H](OCc2ccccc2)[C@H](OCc2ccccc2)[C@H](C(=O)NCC(=O)N[C@@H](CC(C)C)C(=O)NC)N1C(=O)OC(C)(C)C. The van der Waals surface area contributed by atoms with Crippen molar-refractivity contribution >= 4 is 41.5 Å². The Hall–Kier alpha value is -5.55. The minimum atomic E-state index is -1.62. The van der Waals surface area contributed by atoms with Gasteiger partial charge < -0.3 is 46.1 Å². The number of hydrogen-bond donors (Lipinski definition) is 6. The first kappa shape index (κ1) is 48.8. The number of rotatable bonds is 20. The summed E-state index contributed by atoms with van der Waals surface area (Å²) >= 11 is 0. The molecule has 0 unspecified atom stereocenters. The third-order valence-corrected chi connectivity index (χ3v) is 9.31. The van der Waals surface area contributed by atoms with Crippen molar-refractivity contribution in [3.05, 3.63) is 71.8 Å². The van der Waals surface area contributed by atoms with Gasteiger partial charge in [-0.2, -0.15) is 0 Å². The highest BCUT2D eigenvalue weighted by Gasteiger charge is 2.59. The van der Waals surface area contributed by atoms with Crippen LogP contribution in [0.4, 0.5) is 4.79 Å². The number of hydrogen-bond acceptors (Lipinski definition) is 10. The zero-order valence-corrected chi connectivity index (χ0v) is 36.2. The van der Waals surface area contributed by atoms with Crippen LogP contribution >= 0.6 is 0 Å². The average molecular weight is 838 g/mol. The van der Waals surface area contributed by atoms with E-state index in [0.29, 0.717) is 24.0 Å². The van der Waals surface area contributed by atoms with E-state index >= 15 is 0 Å². The second-order valence-electron chi connectivity index (χ2n) is 16.5. The topological polar surface area (TPSA) is 223 Å². The van der Waals surface area contributed by atoms with Crippen molar-refractivity contribution in [2.75, 3.05) is 27.2 Å². The number of carbonyl (C=O) groups is 7. The number of benzene rings is 2. The van der Waals surface area contributed by atoms with Crippen LogP contribution < -0.4 is 31.9 Å². The molecule has 1 aliphatic rings. The summed E-state index contributed by atoms with van der Waals surface area (Å²) in [5.74, 6) is -3.80. The van der Waals surface area contributed by atoms with Gasteiger partial charge in [0.1, 0.15) is 42.0 Å². The Kier molecular flexibility index (Phi) is 19.0. The molecule has 6 atom stereocenters. The Morgan fingerprint density at radius 2 is 0.983 bits per heavy atom. The number of ether oxygens (including phenoxy) is 3. The van der Waals surface area contributed by atoms with E-state index in [9.17, 15) is 33.6 Å². The molecule has 0 radical (unpaired) electrons. The molecular weight excluding hydrogens is 775 g/mol. The Bertz CT molecular complexity index is 1640. The minimum Gasteiger partial charge on any atom is -0.444 e. The molecule has 60 heavy (non-hydrogen) atoms. The fourth-order valence-electron chi connectivity index (χ4n) is 6.64. The summed E-state index contributed by atoms with van der Waals surface area (Å²) in [6.45, 7) is 11.1. The van der Waals surface area contributed by atoms with Crippen molar-refractivity contribution in [2.45, 2.75) is 116 Å². The maximum absolute atomic E-state index is 14.5. The summed E-state index contributed by atoms with van der Waals surface area (Å²) in [5, 5.41) is 15.5. The molecule has 0 aromatic heterocycles. The monoisotopic (exact) mass is 837 g/mol. The van der Waals surface area contributed by atoms with E-state index in [1.54, 1.807) is 69.3 Å². The lowest BCUT2D eigenvalue weighted by molar-refractivity contribution is -0.135. The maximum atomic E-state index is 14.5. The Balaban J connectivity index is 2.08. The van der Waals surface area contributed by atoms with E-state index in [1.165, 1.54) is 14.1 Å². The van der Waals surface area contributed by atoms with Gasteiger partial charge in [0.05, 0.1) is 26.3 Å². The second-order valence-corrected chi connectivity index (χ2v) is 16.5. The van der Waals surface area contributed by atoms with Crippen molar-refractivity contribution in [1.82, 2.24) is 36.8 Å². The van der Waals surface area contributed by atoms with E-state index < -0.39 is 96.6 Å². The fraction of sp³-hybridized carbons (Fsp3) is 0.558. The van der Waals surface area contributed by atoms with Crippen LogP contribution in [0, 0.1) is 11.8 Å². The minimum absolute atomic E-state index is 0.0601. The lowest BCUT2D eigenvalue weighted by atomic mass is 10.0. The predicted octanol–water partition coefficient (Wildman–Crippen LogP) is 1.93. The normalized spacial score (nSPS) is 18.6. The number of likely N-dealkylation sites (N-methyl/N-ethyl adjacent to an activating group) is 2. The van der Waals surface area contributed by atoms with Crippen LogP contribution in [-0.4, -0.2) is 116 Å². The first-order chi connectivity index (χ1) is 28.3. The number of nitrogens with zero attached hydrogens (tertiary/aromatic N) is 1. The van der Waals surface area contributed by atoms with Gasteiger partial charge >= 0.3 is 6.09 Å². The summed E-state index contributed by atoms with van der Waals surface area (Å²) < 4.78 is 18.7. The Morgan fingerprint density at radius 1 is 0.617 bits per heavy atom. The smallest absolute Gasteiger partial charge is 0.411 e. The van der Waals surface area contributed by atoms with E-state index in [-0.39, 0.29) is 25.0 Å². The zero-order chi connectivity index (χ0) is 44.6. The van der Waals surface area contributed by atoms with Crippen LogP contribution in [0.15, 0.2) is 60.7 Å². The molecule has 2 aromatic rings. The molecule has 3 rings (SSSR count). The van der Waals surface area contributed by atoms with Crippen LogP contribution in [0.25, 0.3) is 0 Å². The molecule has 0 bridgehead atoms. The van der Waals surface area contributed by atoms with Crippen molar-refractivity contribution in [3.8, 4) is 0 Å². The largest absolute Gasteiger partial charge is 0.444 e. The molecule has 1 heterocycles. The van der Waals surface area contributed by atoms with Crippen molar-refractivity contribution in [2.24, 2.45) is 11.8 Å². The third-order valence-electron chi connectivity index (χ3n) is 9.31. The van der Waals surface area contributed by atoms with E-state index in [4.69, 9.17) is 14.2 Å². The molecule has 1 aliphatic heterocycles. The van der Waals surface area contributed by atoms with Gasteiger partial charge in [-0.3, -0.25) is 33.7 Å². The summed E-state index contributed by atoms with van der Waals surface area (Å²) in [4.78, 5) is 95.7. The summed E-state index contributed by atoms with van der Waals surface area (Å²) in [6.07, 6.45) is -3.06. The van der Waals surface area contributed by atoms with Crippen molar-refractivity contribution in [1.29, 1.82) is 0 Å². The third kappa shape index (κ3) is 15.2. The molecule has 7 amide bonds. The summed E-state index contributed by atoms with van der Waals surface area (Å²) in [6, 6.07) is 13.1. The highest BCUT2D eigenvalue weighted by Crippen LogP contribution is 2.34. The van der Waals surface area contributed by atoms with Gasteiger partial charge in [0.15, 0.2) is 0 Å². The highest BCUT2D eigenvalue weighted by molar-refractivity contribution is 5.97. The quantitative estimate of drug-likeness (QED) is 0.114. The van der Waals surface area contributed by atoms with E-state index in [1.807, 2.05) is 39.8 Å². The molecule has 2 aromatic carbocycles. The average Bonchev–Trinajstić information content (AvgIpc) is 3.53. The fourth-order valence-corrected chi connectivity index (χ4v) is 6.64. The van der Waals surface area contributed by atoms with Gasteiger partial charge in [-0.05, 0) is 56.6 Å². The van der Waals surface area contributed by atoms with Gasteiger partial charge in [-0.25, -0.2) is 4.79 Å². The lowest BCUT2D eigenvalue weighted by Gasteiger charge is -2.32. The molecule has 6 N–H and O–H groups in total. The second kappa shape index (κ2) is 23.3. The molecular formula is C43H63N7O10. The predicted molar refractivity (Wildman–Crippen MR) is 223 cm³/mol. The number of amides is 7. The summed E-state index contributed by atoms with van der Waals surface area (Å²) in [5.41, 5.74) is 0.325. The molecule has 17 heteroatoms. The Morgan fingerprint density at radius 3 is 1.30 bits per heavy atom. The standard InChI is InChI=1S/C43H63N7O10/c1-26(2)20-30(38(53)44-8)48-32(51)22-46-40(55)34-36(58-24-28-16-12-10-13-17-28)37(59-25-29-18-14-11-15-19-29)35(50(34)42(57)60-43(5,6)7)41(56)47-23-33(52)49-31(21-27(3)4)39(54)45-9/h10-19,26-27,30-31,34-37H,20-25H2,1-9H3,(H,44,53)(H,45,54)(H,46,55)(H,47,56)(H,48,51)(H,49,52)/t30-,31-,34+,35+,36+,37+/m0/s1. The van der Waals surface area contributed by atoms with Crippen LogP contribution in [0.3, 0.4) is 0 Å². The van der Waals surface area contributed by atoms with Gasteiger partial charge in [-0.15, -0.1) is 0 Å². The van der Waals surface area contributed by atoms with Crippen LogP contribution in [0.2, 0.25) is 0 Å². The van der Waals surface area contributed by atoms with Crippen LogP contribution in [0.5, 0.6) is 0 Å². The van der Waals surface area contributed by atoms with Crippen LogP contribution in [0.1, 0.15) is 72.4 Å². The molecule has 0 aliphatic carbocycles. The van der Waals surface area contributed by atoms with E-state index in [0.717, 1.165) is 4.90 Å². The maximum Gasteiger partial charge on any atom is 0.411 e. The molecule has 17 nitrogen and oxygen atoms in total. The van der Waals surface area contributed by atoms with Gasteiger partial charge in [0.2, 0.25) is 35.4 Å². The first-order valence-electron chi connectivity index (χ1n) is 20.2. The molecule has 1 fully saturated rings. The Labute approximate surface area is 352 Å².